The molecule has 4 rings (SSSR count). The minimum absolute atomic E-state index is 0.114. The highest BCUT2D eigenvalue weighted by Gasteiger charge is 2.37. The normalized spacial score (nSPS) is 18.2. The Bertz CT molecular complexity index is 1070. The van der Waals surface area contributed by atoms with E-state index in [0.29, 0.717) is 30.0 Å². The number of aliphatic carboxylic acids is 1. The lowest BCUT2D eigenvalue weighted by Gasteiger charge is -2.14. The molecule has 2 N–H and O–H groups in total. The Balaban J connectivity index is 1.46. The third-order valence-electron chi connectivity index (χ3n) is 5.41. The van der Waals surface area contributed by atoms with Crippen molar-refractivity contribution in [2.24, 2.45) is 11.8 Å². The van der Waals surface area contributed by atoms with E-state index in [4.69, 9.17) is 0 Å². The summed E-state index contributed by atoms with van der Waals surface area (Å²) in [5.74, 6) is -2.06. The first-order chi connectivity index (χ1) is 14.5. The Hall–Kier alpha value is -3.61. The number of carboxylic acids is 1. The number of ketones is 1. The van der Waals surface area contributed by atoms with Gasteiger partial charge in [-0.25, -0.2) is 14.4 Å². The first-order valence-corrected chi connectivity index (χ1v) is 9.73. The predicted octanol–water partition coefficient (Wildman–Crippen LogP) is 4.71. The summed E-state index contributed by atoms with van der Waals surface area (Å²) >= 11 is 0. The van der Waals surface area contributed by atoms with Crippen LogP contribution in [0.1, 0.15) is 29.6 Å². The number of hydrogen-bond donors (Lipinski definition) is 2. The Morgan fingerprint density at radius 3 is 2.33 bits per heavy atom. The highest BCUT2D eigenvalue weighted by molar-refractivity contribution is 6.00. The number of hydrogen-bond acceptors (Lipinski definition) is 5. The van der Waals surface area contributed by atoms with E-state index in [2.05, 4.69) is 15.3 Å². The Labute approximate surface area is 172 Å². The fourth-order valence-electron chi connectivity index (χ4n) is 3.85. The lowest BCUT2D eigenvalue weighted by Crippen LogP contribution is -2.25. The lowest BCUT2D eigenvalue weighted by atomic mass is 9.88. The van der Waals surface area contributed by atoms with Crippen LogP contribution in [-0.2, 0) is 4.79 Å². The molecule has 1 aliphatic rings. The van der Waals surface area contributed by atoms with Crippen molar-refractivity contribution >= 4 is 23.4 Å². The van der Waals surface area contributed by atoms with Gasteiger partial charge in [0.25, 0.3) is 0 Å². The molecule has 1 heterocycles. The summed E-state index contributed by atoms with van der Waals surface area (Å²) in [5.41, 5.74) is 2.67. The number of Topliss-reactive ketones (excluding diaryl/α,β-unsaturated/α-hetero) is 1. The summed E-state index contributed by atoms with van der Waals surface area (Å²) < 4.78 is 13.3. The van der Waals surface area contributed by atoms with E-state index < -0.39 is 17.8 Å². The number of carbonyl (C=O) groups is 2. The summed E-state index contributed by atoms with van der Waals surface area (Å²) in [7, 11) is 0. The summed E-state index contributed by atoms with van der Waals surface area (Å²) in [5, 5.41) is 12.2. The van der Waals surface area contributed by atoms with Gasteiger partial charge in [0.2, 0.25) is 5.95 Å². The molecule has 0 radical (unpaired) electrons. The first-order valence-electron chi connectivity index (χ1n) is 9.73. The van der Waals surface area contributed by atoms with E-state index in [9.17, 15) is 19.1 Å². The molecule has 0 bridgehead atoms. The quantitative estimate of drug-likeness (QED) is 0.577. The van der Waals surface area contributed by atoms with Crippen molar-refractivity contribution in [3.63, 3.8) is 0 Å². The zero-order valence-electron chi connectivity index (χ0n) is 16.1. The Morgan fingerprint density at radius 2 is 1.67 bits per heavy atom. The zero-order chi connectivity index (χ0) is 21.1. The summed E-state index contributed by atoms with van der Waals surface area (Å²) in [6.45, 7) is 0. The van der Waals surface area contributed by atoms with Gasteiger partial charge in [0.05, 0.1) is 5.92 Å². The third kappa shape index (κ3) is 4.20. The smallest absolute Gasteiger partial charge is 0.307 e. The lowest BCUT2D eigenvalue weighted by molar-refractivity contribution is -0.142. The monoisotopic (exact) mass is 405 g/mol. The zero-order valence-corrected chi connectivity index (χ0v) is 16.1. The molecule has 2 atom stereocenters. The fourth-order valence-corrected chi connectivity index (χ4v) is 3.85. The van der Waals surface area contributed by atoms with E-state index in [1.54, 1.807) is 48.8 Å². The topological polar surface area (TPSA) is 92.2 Å². The maximum Gasteiger partial charge on any atom is 0.307 e. The molecule has 152 valence electrons. The molecule has 1 saturated carbocycles. The second-order valence-corrected chi connectivity index (χ2v) is 7.35. The molecule has 6 nitrogen and oxygen atoms in total. The minimum atomic E-state index is -0.897. The molecule has 0 saturated heterocycles. The minimum Gasteiger partial charge on any atom is -0.481 e. The summed E-state index contributed by atoms with van der Waals surface area (Å²) in [4.78, 5) is 32.6. The van der Waals surface area contributed by atoms with Crippen molar-refractivity contribution in [1.29, 1.82) is 0 Å². The molecule has 7 heteroatoms. The van der Waals surface area contributed by atoms with E-state index >= 15 is 0 Å². The van der Waals surface area contributed by atoms with Crippen molar-refractivity contribution in [3.8, 4) is 11.1 Å². The molecule has 3 aromatic rings. The van der Waals surface area contributed by atoms with Crippen LogP contribution >= 0.6 is 0 Å². The van der Waals surface area contributed by atoms with Crippen LogP contribution in [-0.4, -0.2) is 26.8 Å². The SMILES string of the molecule is O=C(O)[C@H]1CCC[C@@H]1C(=O)c1ccc(-c2cnc(Nc3cccc(F)c3)nc2)cc1. The Kier molecular flexibility index (Phi) is 5.52. The van der Waals surface area contributed by atoms with E-state index in [1.165, 1.54) is 12.1 Å². The number of rotatable bonds is 6. The van der Waals surface area contributed by atoms with Crippen molar-refractivity contribution in [2.75, 3.05) is 5.32 Å². The van der Waals surface area contributed by atoms with Crippen LogP contribution in [0.5, 0.6) is 0 Å². The molecule has 1 aromatic heterocycles. The van der Waals surface area contributed by atoms with Gasteiger partial charge in [-0.15, -0.1) is 0 Å². The standard InChI is InChI=1S/C23H20FN3O3/c24-17-3-1-4-18(11-17)27-23-25-12-16(13-26-23)14-7-9-15(10-8-14)21(28)19-5-2-6-20(19)22(29)30/h1,3-4,7-13,19-20H,2,5-6H2,(H,29,30)(H,25,26,27)/t19-,20-/m0/s1. The molecule has 0 amide bonds. The van der Waals surface area contributed by atoms with E-state index in [-0.39, 0.29) is 11.6 Å². The second kappa shape index (κ2) is 8.41. The molecule has 0 unspecified atom stereocenters. The number of aromatic nitrogens is 2. The third-order valence-corrected chi connectivity index (χ3v) is 5.41. The number of nitrogens with zero attached hydrogens (tertiary/aromatic N) is 2. The fraction of sp³-hybridized carbons (Fsp3) is 0.217. The molecule has 30 heavy (non-hydrogen) atoms. The summed E-state index contributed by atoms with van der Waals surface area (Å²) in [6.07, 6.45) is 5.22. The Morgan fingerprint density at radius 1 is 0.967 bits per heavy atom. The van der Waals surface area contributed by atoms with Gasteiger partial charge in [0, 0.05) is 35.1 Å². The largest absolute Gasteiger partial charge is 0.481 e. The molecule has 1 fully saturated rings. The number of carbonyl (C=O) groups excluding carboxylic acids is 1. The maximum atomic E-state index is 13.3. The summed E-state index contributed by atoms with van der Waals surface area (Å²) in [6, 6.07) is 13.1. The predicted molar refractivity (Wildman–Crippen MR) is 110 cm³/mol. The van der Waals surface area contributed by atoms with Crippen LogP contribution in [0, 0.1) is 17.7 Å². The van der Waals surface area contributed by atoms with Crippen molar-refractivity contribution in [1.82, 2.24) is 9.97 Å². The van der Waals surface area contributed by atoms with Gasteiger partial charge < -0.3 is 10.4 Å². The van der Waals surface area contributed by atoms with E-state index in [0.717, 1.165) is 17.5 Å². The average Bonchev–Trinajstić information content (AvgIpc) is 3.24. The number of benzene rings is 2. The van der Waals surface area contributed by atoms with Crippen LogP contribution in [0.2, 0.25) is 0 Å². The molecule has 1 aliphatic carbocycles. The number of halogens is 1. The van der Waals surface area contributed by atoms with Crippen molar-refractivity contribution in [2.45, 2.75) is 19.3 Å². The van der Waals surface area contributed by atoms with Crippen LogP contribution in [0.15, 0.2) is 60.9 Å². The van der Waals surface area contributed by atoms with Gasteiger partial charge in [-0.2, -0.15) is 0 Å². The van der Waals surface area contributed by atoms with Crippen LogP contribution in [0.3, 0.4) is 0 Å². The number of carboxylic acid groups (broad SMARTS) is 1. The van der Waals surface area contributed by atoms with Crippen LogP contribution in [0.25, 0.3) is 11.1 Å². The average molecular weight is 405 g/mol. The number of nitrogens with one attached hydrogen (secondary N) is 1. The molecular weight excluding hydrogens is 385 g/mol. The van der Waals surface area contributed by atoms with Gasteiger partial charge in [0.15, 0.2) is 5.78 Å². The number of anilines is 2. The van der Waals surface area contributed by atoms with Crippen LogP contribution in [0.4, 0.5) is 16.0 Å². The van der Waals surface area contributed by atoms with Gasteiger partial charge in [-0.3, -0.25) is 9.59 Å². The van der Waals surface area contributed by atoms with Gasteiger partial charge in [-0.1, -0.05) is 36.8 Å². The van der Waals surface area contributed by atoms with Gasteiger partial charge in [-0.05, 0) is 36.6 Å². The second-order valence-electron chi connectivity index (χ2n) is 7.35. The molecular formula is C23H20FN3O3. The van der Waals surface area contributed by atoms with E-state index in [1.807, 2.05) is 0 Å². The van der Waals surface area contributed by atoms with Gasteiger partial charge in [0.1, 0.15) is 5.82 Å². The first kappa shape index (κ1) is 19.7. The van der Waals surface area contributed by atoms with Crippen molar-refractivity contribution in [3.05, 3.63) is 72.3 Å². The molecule has 0 aliphatic heterocycles. The van der Waals surface area contributed by atoms with Crippen LogP contribution < -0.4 is 5.32 Å². The highest BCUT2D eigenvalue weighted by Crippen LogP contribution is 2.34. The molecule has 2 aromatic carbocycles. The highest BCUT2D eigenvalue weighted by atomic mass is 19.1. The van der Waals surface area contributed by atoms with Gasteiger partial charge >= 0.3 is 5.97 Å². The molecule has 0 spiro atoms. The van der Waals surface area contributed by atoms with Crippen molar-refractivity contribution < 1.29 is 19.1 Å². The maximum absolute atomic E-state index is 13.3.